The molecule has 0 aliphatic carbocycles. The Labute approximate surface area is 151 Å². The fourth-order valence-electron chi connectivity index (χ4n) is 2.94. The van der Waals surface area contributed by atoms with Gasteiger partial charge in [0.25, 0.3) is 5.91 Å². The molecule has 26 heavy (non-hydrogen) atoms. The summed E-state index contributed by atoms with van der Waals surface area (Å²) in [5, 5.41) is 5.67. The molecule has 136 valence electrons. The van der Waals surface area contributed by atoms with E-state index >= 15 is 0 Å². The lowest BCUT2D eigenvalue weighted by Crippen LogP contribution is -2.19. The molecule has 0 bridgehead atoms. The van der Waals surface area contributed by atoms with Gasteiger partial charge in [0.2, 0.25) is 11.7 Å². The van der Waals surface area contributed by atoms with E-state index in [4.69, 9.17) is 14.2 Å². The summed E-state index contributed by atoms with van der Waals surface area (Å²) in [5.74, 6) is 0.808. The molecule has 2 aromatic carbocycles. The number of ether oxygens (including phenoxy) is 3. The highest BCUT2D eigenvalue weighted by molar-refractivity contribution is 6.07. The first kappa shape index (κ1) is 17.6. The Bertz CT molecular complexity index is 863. The largest absolute Gasteiger partial charge is 0.493 e. The molecule has 0 fully saturated rings. The Hall–Kier alpha value is -3.22. The number of aryl methyl sites for hydroxylation is 1. The highest BCUT2D eigenvalue weighted by Crippen LogP contribution is 2.40. The molecule has 0 spiro atoms. The summed E-state index contributed by atoms with van der Waals surface area (Å²) in [7, 11) is 4.47. The second-order valence-electron chi connectivity index (χ2n) is 5.76. The van der Waals surface area contributed by atoms with E-state index in [0.29, 0.717) is 41.3 Å². The minimum atomic E-state index is -0.331. The molecule has 0 atom stereocenters. The molecule has 1 heterocycles. The van der Waals surface area contributed by atoms with Gasteiger partial charge in [0.1, 0.15) is 0 Å². The molecular weight excluding hydrogens is 336 g/mol. The fourth-order valence-corrected chi connectivity index (χ4v) is 2.94. The van der Waals surface area contributed by atoms with E-state index in [1.165, 1.54) is 21.3 Å². The zero-order valence-corrected chi connectivity index (χ0v) is 14.8. The van der Waals surface area contributed by atoms with Gasteiger partial charge in [-0.2, -0.15) is 0 Å². The first-order chi connectivity index (χ1) is 12.6. The molecule has 1 aliphatic rings. The molecule has 0 unspecified atom stereocenters. The van der Waals surface area contributed by atoms with Crippen LogP contribution >= 0.6 is 0 Å². The molecule has 3 rings (SSSR count). The molecule has 2 amide bonds. The maximum absolute atomic E-state index is 12.7. The van der Waals surface area contributed by atoms with Gasteiger partial charge in [-0.15, -0.1) is 0 Å². The summed E-state index contributed by atoms with van der Waals surface area (Å²) in [6.07, 6.45) is 1.08. The predicted molar refractivity (Wildman–Crippen MR) is 97.4 cm³/mol. The molecule has 2 N–H and O–H groups in total. The Morgan fingerprint density at radius 1 is 1.00 bits per heavy atom. The lowest BCUT2D eigenvalue weighted by molar-refractivity contribution is -0.116. The number of hydrogen-bond donors (Lipinski definition) is 2. The third kappa shape index (κ3) is 3.28. The first-order valence-corrected chi connectivity index (χ1v) is 8.10. The summed E-state index contributed by atoms with van der Waals surface area (Å²) in [6, 6.07) is 8.66. The Balaban J connectivity index is 1.88. The highest BCUT2D eigenvalue weighted by Gasteiger charge is 2.21. The Morgan fingerprint density at radius 3 is 2.46 bits per heavy atom. The second-order valence-corrected chi connectivity index (χ2v) is 5.76. The number of nitrogens with one attached hydrogen (secondary N) is 2. The molecule has 1 aliphatic heterocycles. The van der Waals surface area contributed by atoms with Gasteiger partial charge in [-0.3, -0.25) is 9.59 Å². The van der Waals surface area contributed by atoms with E-state index in [0.717, 1.165) is 11.3 Å². The van der Waals surface area contributed by atoms with Gasteiger partial charge in [-0.05, 0) is 42.3 Å². The van der Waals surface area contributed by atoms with Crippen LogP contribution in [-0.2, 0) is 11.2 Å². The molecular formula is C19H20N2O5. The number of carbonyl (C=O) groups is 2. The molecule has 2 aromatic rings. The maximum Gasteiger partial charge on any atom is 0.259 e. The molecule has 7 nitrogen and oxygen atoms in total. The zero-order chi connectivity index (χ0) is 18.7. The smallest absolute Gasteiger partial charge is 0.259 e. The predicted octanol–water partition coefficient (Wildman–Crippen LogP) is 2.85. The minimum Gasteiger partial charge on any atom is -0.493 e. The van der Waals surface area contributed by atoms with Crippen molar-refractivity contribution >= 4 is 23.2 Å². The average molecular weight is 356 g/mol. The minimum absolute atomic E-state index is 0.00403. The quantitative estimate of drug-likeness (QED) is 0.860. The lowest BCUT2D eigenvalue weighted by atomic mass is 10.0. The van der Waals surface area contributed by atoms with Crippen molar-refractivity contribution in [1.82, 2.24) is 0 Å². The van der Waals surface area contributed by atoms with Gasteiger partial charge < -0.3 is 24.8 Å². The van der Waals surface area contributed by atoms with E-state index in [1.54, 1.807) is 24.3 Å². The number of anilines is 2. The number of methoxy groups -OCH3 is 3. The van der Waals surface area contributed by atoms with Crippen LogP contribution in [-0.4, -0.2) is 33.1 Å². The average Bonchev–Trinajstić information content (AvgIpc) is 2.66. The van der Waals surface area contributed by atoms with Crippen LogP contribution in [0.5, 0.6) is 17.2 Å². The summed E-state index contributed by atoms with van der Waals surface area (Å²) in [5.41, 5.74) is 2.74. The zero-order valence-electron chi connectivity index (χ0n) is 14.8. The fraction of sp³-hybridized carbons (Fsp3) is 0.263. The highest BCUT2D eigenvalue weighted by atomic mass is 16.5. The summed E-state index contributed by atoms with van der Waals surface area (Å²) >= 11 is 0. The summed E-state index contributed by atoms with van der Waals surface area (Å²) in [6.45, 7) is 0. The van der Waals surface area contributed by atoms with E-state index < -0.39 is 0 Å². The summed E-state index contributed by atoms with van der Waals surface area (Å²) in [4.78, 5) is 24.2. The number of carbonyl (C=O) groups excluding carboxylic acids is 2. The van der Waals surface area contributed by atoms with Crippen LogP contribution in [0.2, 0.25) is 0 Å². The monoisotopic (exact) mass is 356 g/mol. The van der Waals surface area contributed by atoms with Crippen molar-refractivity contribution in [3.63, 3.8) is 0 Å². The van der Waals surface area contributed by atoms with Crippen LogP contribution in [0.1, 0.15) is 22.3 Å². The molecule has 0 saturated carbocycles. The van der Waals surface area contributed by atoms with Crippen molar-refractivity contribution in [2.24, 2.45) is 0 Å². The van der Waals surface area contributed by atoms with Crippen molar-refractivity contribution in [2.75, 3.05) is 32.0 Å². The molecule has 7 heteroatoms. The van der Waals surface area contributed by atoms with Crippen molar-refractivity contribution in [2.45, 2.75) is 12.8 Å². The van der Waals surface area contributed by atoms with Gasteiger partial charge in [0.15, 0.2) is 11.5 Å². The van der Waals surface area contributed by atoms with Gasteiger partial charge >= 0.3 is 0 Å². The third-order valence-electron chi connectivity index (χ3n) is 4.21. The van der Waals surface area contributed by atoms with Crippen LogP contribution in [0, 0.1) is 0 Å². The lowest BCUT2D eigenvalue weighted by Gasteiger charge is -2.18. The van der Waals surface area contributed by atoms with Crippen LogP contribution < -0.4 is 24.8 Å². The first-order valence-electron chi connectivity index (χ1n) is 8.10. The topological polar surface area (TPSA) is 85.9 Å². The SMILES string of the molecule is COc1ccc(C(=O)Nc2ccc3c(c2)CCC(=O)N3)c(OC)c1OC. The van der Waals surface area contributed by atoms with Crippen molar-refractivity contribution in [1.29, 1.82) is 0 Å². The Kier molecular flexibility index (Phi) is 4.97. The number of rotatable bonds is 5. The van der Waals surface area contributed by atoms with E-state index in [-0.39, 0.29) is 11.8 Å². The van der Waals surface area contributed by atoms with Gasteiger partial charge in [-0.1, -0.05) is 0 Å². The van der Waals surface area contributed by atoms with Gasteiger partial charge in [0, 0.05) is 17.8 Å². The summed E-state index contributed by atoms with van der Waals surface area (Å²) < 4.78 is 15.9. The van der Waals surface area contributed by atoms with Crippen LogP contribution in [0.4, 0.5) is 11.4 Å². The van der Waals surface area contributed by atoms with E-state index in [2.05, 4.69) is 10.6 Å². The van der Waals surface area contributed by atoms with Crippen molar-refractivity contribution in [3.8, 4) is 17.2 Å². The molecule has 0 saturated heterocycles. The van der Waals surface area contributed by atoms with Crippen LogP contribution in [0.3, 0.4) is 0 Å². The van der Waals surface area contributed by atoms with Gasteiger partial charge in [-0.25, -0.2) is 0 Å². The van der Waals surface area contributed by atoms with Crippen molar-refractivity contribution in [3.05, 3.63) is 41.5 Å². The van der Waals surface area contributed by atoms with Gasteiger partial charge in [0.05, 0.1) is 26.9 Å². The molecule has 0 radical (unpaired) electrons. The number of hydrogen-bond acceptors (Lipinski definition) is 5. The van der Waals surface area contributed by atoms with Crippen LogP contribution in [0.25, 0.3) is 0 Å². The number of amides is 2. The normalized spacial score (nSPS) is 12.7. The second kappa shape index (κ2) is 7.35. The Morgan fingerprint density at radius 2 is 1.77 bits per heavy atom. The van der Waals surface area contributed by atoms with E-state index in [9.17, 15) is 9.59 Å². The number of benzene rings is 2. The van der Waals surface area contributed by atoms with Crippen molar-refractivity contribution < 1.29 is 23.8 Å². The third-order valence-corrected chi connectivity index (χ3v) is 4.21. The number of fused-ring (bicyclic) bond motifs is 1. The molecule has 0 aromatic heterocycles. The standard InChI is InChI=1S/C19H20N2O5/c1-24-15-8-6-13(17(25-2)18(15)26-3)19(23)20-12-5-7-14-11(10-12)4-9-16(22)21-14/h5-8,10H,4,9H2,1-3H3,(H,20,23)(H,21,22). The maximum atomic E-state index is 12.7. The van der Waals surface area contributed by atoms with Crippen LogP contribution in [0.15, 0.2) is 30.3 Å². The van der Waals surface area contributed by atoms with E-state index in [1.807, 2.05) is 6.07 Å².